The Morgan fingerprint density at radius 2 is 1.66 bits per heavy atom. The highest BCUT2D eigenvalue weighted by Gasteiger charge is 2.50. The Hall–Kier alpha value is -3.35. The molecule has 5 atom stereocenters. The zero-order valence-corrected chi connectivity index (χ0v) is 19.9. The number of benzene rings is 2. The molecule has 0 aromatic heterocycles. The molecular formula is C28H32N2O5. The van der Waals surface area contributed by atoms with E-state index in [1.165, 1.54) is 0 Å². The van der Waals surface area contributed by atoms with Crippen molar-refractivity contribution >= 4 is 18.0 Å². The third kappa shape index (κ3) is 4.51. The fourth-order valence-electron chi connectivity index (χ4n) is 6.22. The summed E-state index contributed by atoms with van der Waals surface area (Å²) in [6.07, 6.45) is 2.77. The Bertz CT molecular complexity index is 1090. The van der Waals surface area contributed by atoms with E-state index < -0.39 is 18.1 Å². The van der Waals surface area contributed by atoms with Crippen LogP contribution in [0, 0.1) is 17.8 Å². The summed E-state index contributed by atoms with van der Waals surface area (Å²) in [7, 11) is 0. The van der Waals surface area contributed by atoms with Crippen molar-refractivity contribution < 1.29 is 24.2 Å². The first kappa shape index (κ1) is 23.4. The average Bonchev–Trinajstić information content (AvgIpc) is 3.36. The van der Waals surface area contributed by atoms with Crippen LogP contribution in [0.3, 0.4) is 0 Å². The van der Waals surface area contributed by atoms with Crippen LogP contribution in [-0.4, -0.2) is 41.8 Å². The number of carbonyl (C=O) groups excluding carboxylic acids is 2. The topological polar surface area (TPSA) is 105 Å². The molecule has 2 saturated carbocycles. The third-order valence-corrected chi connectivity index (χ3v) is 8.03. The summed E-state index contributed by atoms with van der Waals surface area (Å²) in [4.78, 5) is 37.0. The fraction of sp³-hybridized carbons (Fsp3) is 0.464. The minimum Gasteiger partial charge on any atom is -0.481 e. The molecule has 7 heteroatoms. The van der Waals surface area contributed by atoms with E-state index in [-0.39, 0.29) is 36.3 Å². The molecule has 0 radical (unpaired) electrons. The first-order valence-electron chi connectivity index (χ1n) is 12.6. The SMILES string of the molecule is CCC[C@H](NC(=O)OCC1c2ccccc2-c2ccccc21)C(=O)N[C@@H]1C[C@@H]2CC(C(=O)O)C[C@@H]21. The Kier molecular flexibility index (Phi) is 6.50. The molecule has 2 fully saturated rings. The van der Waals surface area contributed by atoms with Crippen molar-refractivity contribution in [3.8, 4) is 11.1 Å². The van der Waals surface area contributed by atoms with Crippen molar-refractivity contribution in [2.24, 2.45) is 17.8 Å². The van der Waals surface area contributed by atoms with Crippen molar-refractivity contribution in [2.75, 3.05) is 6.61 Å². The second-order valence-corrected chi connectivity index (χ2v) is 10.1. The van der Waals surface area contributed by atoms with E-state index in [0.717, 1.165) is 35.1 Å². The van der Waals surface area contributed by atoms with Crippen molar-refractivity contribution in [1.29, 1.82) is 0 Å². The number of aliphatic carboxylic acids is 1. The van der Waals surface area contributed by atoms with E-state index in [9.17, 15) is 19.5 Å². The van der Waals surface area contributed by atoms with E-state index in [4.69, 9.17) is 4.74 Å². The molecule has 0 spiro atoms. The summed E-state index contributed by atoms with van der Waals surface area (Å²) in [6.45, 7) is 2.16. The van der Waals surface area contributed by atoms with Gasteiger partial charge in [0, 0.05) is 12.0 Å². The first-order valence-corrected chi connectivity index (χ1v) is 12.6. The lowest BCUT2D eigenvalue weighted by Gasteiger charge is -2.41. The van der Waals surface area contributed by atoms with Gasteiger partial charge in [0.1, 0.15) is 12.6 Å². The zero-order chi connectivity index (χ0) is 24.5. The van der Waals surface area contributed by atoms with Gasteiger partial charge in [0.2, 0.25) is 5.91 Å². The Balaban J connectivity index is 1.17. The van der Waals surface area contributed by atoms with Gasteiger partial charge < -0.3 is 20.5 Å². The van der Waals surface area contributed by atoms with Crippen LogP contribution in [0.4, 0.5) is 4.79 Å². The zero-order valence-electron chi connectivity index (χ0n) is 19.9. The summed E-state index contributed by atoms with van der Waals surface area (Å²) in [5.41, 5.74) is 4.60. The van der Waals surface area contributed by atoms with E-state index in [0.29, 0.717) is 25.2 Å². The summed E-state index contributed by atoms with van der Waals surface area (Å²) in [5, 5.41) is 15.1. The van der Waals surface area contributed by atoms with Crippen LogP contribution in [0.2, 0.25) is 0 Å². The van der Waals surface area contributed by atoms with Gasteiger partial charge in [-0.2, -0.15) is 0 Å². The molecule has 0 bridgehead atoms. The van der Waals surface area contributed by atoms with Gasteiger partial charge in [-0.3, -0.25) is 9.59 Å². The van der Waals surface area contributed by atoms with Crippen LogP contribution in [0.15, 0.2) is 48.5 Å². The number of alkyl carbamates (subject to hydrolysis) is 1. The highest BCUT2D eigenvalue weighted by atomic mass is 16.5. The molecular weight excluding hydrogens is 444 g/mol. The van der Waals surface area contributed by atoms with Gasteiger partial charge in [-0.05, 0) is 59.8 Å². The molecule has 7 nitrogen and oxygen atoms in total. The van der Waals surface area contributed by atoms with Crippen LogP contribution >= 0.6 is 0 Å². The number of hydrogen-bond donors (Lipinski definition) is 3. The average molecular weight is 477 g/mol. The molecule has 3 N–H and O–H groups in total. The van der Waals surface area contributed by atoms with Crippen LogP contribution in [0.5, 0.6) is 0 Å². The summed E-state index contributed by atoms with van der Waals surface area (Å²) < 4.78 is 5.63. The number of rotatable bonds is 8. The van der Waals surface area contributed by atoms with E-state index in [1.807, 2.05) is 31.2 Å². The van der Waals surface area contributed by atoms with Crippen LogP contribution in [0.1, 0.15) is 56.1 Å². The molecule has 5 rings (SSSR count). The molecule has 0 heterocycles. The van der Waals surface area contributed by atoms with Crippen molar-refractivity contribution in [1.82, 2.24) is 10.6 Å². The number of carboxylic acids is 1. The maximum absolute atomic E-state index is 13.0. The van der Waals surface area contributed by atoms with Gasteiger partial charge in [-0.25, -0.2) is 4.79 Å². The van der Waals surface area contributed by atoms with Gasteiger partial charge in [0.15, 0.2) is 0 Å². The van der Waals surface area contributed by atoms with E-state index in [2.05, 4.69) is 34.9 Å². The van der Waals surface area contributed by atoms with Crippen LogP contribution in [-0.2, 0) is 14.3 Å². The standard InChI is InChI=1S/C28H32N2O5/c1-2-7-24(26(31)29-25-14-16-12-17(27(32)33)13-22(16)25)30-28(34)35-15-23-20-10-5-3-8-18(20)19-9-4-6-11-21(19)23/h3-6,8-11,16-17,22-25H,2,7,12-15H2,1H3,(H,29,31)(H,30,34)(H,32,33)/t16-,17?,22-,24-,25+/m0/s1. The molecule has 35 heavy (non-hydrogen) atoms. The normalized spacial score (nSPS) is 24.9. The number of carbonyl (C=O) groups is 3. The fourth-order valence-corrected chi connectivity index (χ4v) is 6.22. The number of fused-ring (bicyclic) bond motifs is 4. The molecule has 0 aliphatic heterocycles. The number of nitrogens with one attached hydrogen (secondary N) is 2. The molecule has 3 aliphatic rings. The number of ether oxygens (including phenoxy) is 1. The second-order valence-electron chi connectivity index (χ2n) is 10.1. The van der Waals surface area contributed by atoms with Gasteiger partial charge in [-0.1, -0.05) is 61.9 Å². The van der Waals surface area contributed by atoms with Gasteiger partial charge in [0.05, 0.1) is 5.92 Å². The lowest BCUT2D eigenvalue weighted by atomic mass is 9.71. The predicted octanol–water partition coefficient (Wildman–Crippen LogP) is 4.31. The molecule has 3 aliphatic carbocycles. The first-order chi connectivity index (χ1) is 17.0. The molecule has 184 valence electrons. The van der Waals surface area contributed by atoms with Crippen LogP contribution in [0.25, 0.3) is 11.1 Å². The second kappa shape index (κ2) is 9.72. The predicted molar refractivity (Wildman–Crippen MR) is 131 cm³/mol. The number of hydrogen-bond acceptors (Lipinski definition) is 4. The number of carboxylic acid groups (broad SMARTS) is 1. The summed E-state index contributed by atoms with van der Waals surface area (Å²) in [6, 6.07) is 15.6. The van der Waals surface area contributed by atoms with Gasteiger partial charge in [0.25, 0.3) is 0 Å². The lowest BCUT2D eigenvalue weighted by Crippen LogP contribution is -2.56. The lowest BCUT2D eigenvalue weighted by molar-refractivity contribution is -0.141. The maximum Gasteiger partial charge on any atom is 0.407 e. The molecule has 0 saturated heterocycles. The Labute approximate surface area is 205 Å². The van der Waals surface area contributed by atoms with Crippen LogP contribution < -0.4 is 10.6 Å². The smallest absolute Gasteiger partial charge is 0.407 e. The monoisotopic (exact) mass is 476 g/mol. The molecule has 2 aromatic carbocycles. The van der Waals surface area contributed by atoms with Crippen molar-refractivity contribution in [2.45, 2.75) is 57.0 Å². The number of amides is 2. The minimum absolute atomic E-state index is 0.0134. The Morgan fingerprint density at radius 3 is 2.29 bits per heavy atom. The van der Waals surface area contributed by atoms with Gasteiger partial charge >= 0.3 is 12.1 Å². The van der Waals surface area contributed by atoms with E-state index in [1.54, 1.807) is 0 Å². The van der Waals surface area contributed by atoms with Gasteiger partial charge in [-0.15, -0.1) is 0 Å². The van der Waals surface area contributed by atoms with E-state index >= 15 is 0 Å². The highest BCUT2D eigenvalue weighted by molar-refractivity contribution is 5.86. The quantitative estimate of drug-likeness (QED) is 0.527. The minimum atomic E-state index is -0.745. The summed E-state index contributed by atoms with van der Waals surface area (Å²) in [5.74, 6) is -0.717. The molecule has 2 aromatic rings. The maximum atomic E-state index is 13.0. The Morgan fingerprint density at radius 1 is 1.00 bits per heavy atom. The van der Waals surface area contributed by atoms with Crippen molar-refractivity contribution in [3.63, 3.8) is 0 Å². The largest absolute Gasteiger partial charge is 0.481 e. The highest BCUT2D eigenvalue weighted by Crippen LogP contribution is 2.50. The van der Waals surface area contributed by atoms with Crippen molar-refractivity contribution in [3.05, 3.63) is 59.7 Å². The summed E-state index contributed by atoms with van der Waals surface area (Å²) >= 11 is 0. The molecule has 1 unspecified atom stereocenters. The molecule has 2 amide bonds. The third-order valence-electron chi connectivity index (χ3n) is 8.03.